The molecule has 0 saturated carbocycles. The summed E-state index contributed by atoms with van der Waals surface area (Å²) in [6.07, 6.45) is 3.72. The maximum absolute atomic E-state index is 9.48. The van der Waals surface area contributed by atoms with Crippen molar-refractivity contribution in [3.05, 3.63) is 29.1 Å². The van der Waals surface area contributed by atoms with Crippen LogP contribution in [0.1, 0.15) is 49.9 Å². The van der Waals surface area contributed by atoms with Crippen LogP contribution in [0.15, 0.2) is 12.3 Å². The van der Waals surface area contributed by atoms with E-state index in [0.717, 1.165) is 35.4 Å². The number of hydrogen-bond acceptors (Lipinski definition) is 4. The van der Waals surface area contributed by atoms with E-state index in [4.69, 9.17) is 5.73 Å². The van der Waals surface area contributed by atoms with E-state index in [1.807, 2.05) is 19.3 Å². The maximum Gasteiger partial charge on any atom is 0.142 e. The minimum absolute atomic E-state index is 0.254. The number of anilines is 1. The molecule has 2 heterocycles. The van der Waals surface area contributed by atoms with Crippen molar-refractivity contribution in [3.63, 3.8) is 0 Å². The summed E-state index contributed by atoms with van der Waals surface area (Å²) < 4.78 is 1.73. The average molecular weight is 283 g/mol. The Hall–Kier alpha value is -2.35. The van der Waals surface area contributed by atoms with E-state index in [1.165, 1.54) is 0 Å². The normalized spacial score (nSPS) is 10.9. The standard InChI is InChI=1S/C16H21N5/c1-5-6-11-14(13-7-8-21(4)20-13)12(9-17)16(18)19-15(11)10(2)3/h7-8,10H,5-6H2,1-4H3,(H2,18,19). The number of hydrogen-bond donors (Lipinski definition) is 1. The summed E-state index contributed by atoms with van der Waals surface area (Å²) in [6.45, 7) is 6.30. The van der Waals surface area contributed by atoms with Crippen LogP contribution in [0.3, 0.4) is 0 Å². The van der Waals surface area contributed by atoms with Gasteiger partial charge in [0.2, 0.25) is 0 Å². The number of pyridine rings is 1. The van der Waals surface area contributed by atoms with Crippen LogP contribution >= 0.6 is 0 Å². The first-order chi connectivity index (χ1) is 9.99. The van der Waals surface area contributed by atoms with Gasteiger partial charge >= 0.3 is 0 Å². The largest absolute Gasteiger partial charge is 0.383 e. The average Bonchev–Trinajstić information content (AvgIpc) is 2.86. The molecule has 0 spiro atoms. The highest BCUT2D eigenvalue weighted by molar-refractivity contribution is 5.77. The topological polar surface area (TPSA) is 80.5 Å². The fourth-order valence-corrected chi connectivity index (χ4v) is 2.59. The van der Waals surface area contributed by atoms with Crippen molar-refractivity contribution in [3.8, 4) is 17.3 Å². The fraction of sp³-hybridized carbons (Fsp3) is 0.438. The number of aromatic nitrogens is 3. The second-order valence-corrected chi connectivity index (χ2v) is 5.50. The molecule has 0 fully saturated rings. The summed E-state index contributed by atoms with van der Waals surface area (Å²) in [5.41, 5.74) is 10.1. The van der Waals surface area contributed by atoms with Gasteiger partial charge in [0.15, 0.2) is 0 Å². The van der Waals surface area contributed by atoms with Crippen molar-refractivity contribution in [1.82, 2.24) is 14.8 Å². The van der Waals surface area contributed by atoms with E-state index in [2.05, 4.69) is 36.9 Å². The third kappa shape index (κ3) is 2.75. The van der Waals surface area contributed by atoms with E-state index in [-0.39, 0.29) is 5.92 Å². The molecule has 0 aliphatic carbocycles. The predicted octanol–water partition coefficient (Wildman–Crippen LogP) is 3.01. The minimum Gasteiger partial charge on any atom is -0.383 e. The van der Waals surface area contributed by atoms with Gasteiger partial charge in [0, 0.05) is 24.5 Å². The fourth-order valence-electron chi connectivity index (χ4n) is 2.59. The summed E-state index contributed by atoms with van der Waals surface area (Å²) in [6, 6.07) is 4.12. The smallest absolute Gasteiger partial charge is 0.142 e. The van der Waals surface area contributed by atoms with Crippen molar-refractivity contribution < 1.29 is 0 Å². The van der Waals surface area contributed by atoms with Gasteiger partial charge in [0.05, 0.1) is 5.69 Å². The molecule has 2 N–H and O–H groups in total. The van der Waals surface area contributed by atoms with Crippen LogP contribution in [0.5, 0.6) is 0 Å². The van der Waals surface area contributed by atoms with Gasteiger partial charge in [-0.25, -0.2) is 4.98 Å². The highest BCUT2D eigenvalue weighted by Gasteiger charge is 2.22. The van der Waals surface area contributed by atoms with E-state index in [9.17, 15) is 5.26 Å². The molecule has 2 rings (SSSR count). The molecule has 0 aliphatic rings. The molecule has 0 aliphatic heterocycles. The molecule has 5 nitrogen and oxygen atoms in total. The predicted molar refractivity (Wildman–Crippen MR) is 83.7 cm³/mol. The van der Waals surface area contributed by atoms with Crippen LogP contribution in [0, 0.1) is 11.3 Å². The summed E-state index contributed by atoms with van der Waals surface area (Å²) in [5.74, 6) is 0.547. The Morgan fingerprint density at radius 2 is 2.14 bits per heavy atom. The second kappa shape index (κ2) is 5.96. The third-order valence-corrected chi connectivity index (χ3v) is 3.49. The van der Waals surface area contributed by atoms with Crippen molar-refractivity contribution in [2.45, 2.75) is 39.5 Å². The summed E-state index contributed by atoms with van der Waals surface area (Å²) in [4.78, 5) is 4.48. The summed E-state index contributed by atoms with van der Waals surface area (Å²) in [5, 5.41) is 13.9. The van der Waals surface area contributed by atoms with E-state index in [0.29, 0.717) is 11.4 Å². The molecule has 2 aromatic heterocycles. The lowest BCUT2D eigenvalue weighted by Crippen LogP contribution is -2.09. The Morgan fingerprint density at radius 3 is 2.62 bits per heavy atom. The molecule has 0 aromatic carbocycles. The van der Waals surface area contributed by atoms with Gasteiger partial charge in [-0.1, -0.05) is 27.2 Å². The van der Waals surface area contributed by atoms with Gasteiger partial charge in [-0.3, -0.25) is 4.68 Å². The summed E-state index contributed by atoms with van der Waals surface area (Å²) in [7, 11) is 1.86. The molecule has 2 aromatic rings. The lowest BCUT2D eigenvalue weighted by Gasteiger charge is -2.17. The molecular formula is C16H21N5. The molecule has 0 atom stereocenters. The van der Waals surface area contributed by atoms with Gasteiger partial charge < -0.3 is 5.73 Å². The zero-order chi connectivity index (χ0) is 15.6. The first-order valence-electron chi connectivity index (χ1n) is 7.21. The first-order valence-corrected chi connectivity index (χ1v) is 7.21. The monoisotopic (exact) mass is 283 g/mol. The molecule has 0 saturated heterocycles. The lowest BCUT2D eigenvalue weighted by molar-refractivity contribution is 0.765. The van der Waals surface area contributed by atoms with Gasteiger partial charge in [0.1, 0.15) is 17.5 Å². The van der Waals surface area contributed by atoms with Crippen molar-refractivity contribution in [1.29, 1.82) is 5.26 Å². The Balaban J connectivity index is 2.83. The quantitative estimate of drug-likeness (QED) is 0.935. The third-order valence-electron chi connectivity index (χ3n) is 3.49. The molecule has 21 heavy (non-hydrogen) atoms. The number of nitrogens with two attached hydrogens (primary N) is 1. The number of nitriles is 1. The molecule has 5 heteroatoms. The Labute approximate surface area is 125 Å². The first kappa shape index (κ1) is 15.0. The van der Waals surface area contributed by atoms with Crippen LogP contribution in [-0.4, -0.2) is 14.8 Å². The van der Waals surface area contributed by atoms with Crippen LogP contribution in [-0.2, 0) is 13.5 Å². The maximum atomic E-state index is 9.48. The number of aryl methyl sites for hydroxylation is 1. The molecule has 110 valence electrons. The molecule has 0 amide bonds. The van der Waals surface area contributed by atoms with Crippen LogP contribution < -0.4 is 5.73 Å². The van der Waals surface area contributed by atoms with E-state index >= 15 is 0 Å². The zero-order valence-electron chi connectivity index (χ0n) is 13.0. The van der Waals surface area contributed by atoms with Crippen LogP contribution in [0.4, 0.5) is 5.82 Å². The molecule has 0 bridgehead atoms. The Kier molecular flexibility index (Phi) is 4.27. The Bertz CT molecular complexity index is 691. The van der Waals surface area contributed by atoms with Crippen LogP contribution in [0.25, 0.3) is 11.3 Å². The van der Waals surface area contributed by atoms with Crippen LogP contribution in [0.2, 0.25) is 0 Å². The number of rotatable bonds is 4. The van der Waals surface area contributed by atoms with Gasteiger partial charge in [-0.2, -0.15) is 10.4 Å². The van der Waals surface area contributed by atoms with Crippen molar-refractivity contribution in [2.24, 2.45) is 7.05 Å². The van der Waals surface area contributed by atoms with Crippen molar-refractivity contribution >= 4 is 5.82 Å². The van der Waals surface area contributed by atoms with Gasteiger partial charge in [0.25, 0.3) is 0 Å². The minimum atomic E-state index is 0.254. The second-order valence-electron chi connectivity index (χ2n) is 5.50. The van der Waals surface area contributed by atoms with E-state index < -0.39 is 0 Å². The molecular weight excluding hydrogens is 262 g/mol. The molecule has 0 radical (unpaired) electrons. The lowest BCUT2D eigenvalue weighted by atomic mass is 9.91. The summed E-state index contributed by atoms with van der Waals surface area (Å²) >= 11 is 0. The van der Waals surface area contributed by atoms with Gasteiger partial charge in [-0.05, 0) is 24.0 Å². The SMILES string of the molecule is CCCc1c(C(C)C)nc(N)c(C#N)c1-c1ccn(C)n1. The van der Waals surface area contributed by atoms with Crippen molar-refractivity contribution in [2.75, 3.05) is 5.73 Å². The number of nitrogens with zero attached hydrogens (tertiary/aromatic N) is 4. The highest BCUT2D eigenvalue weighted by atomic mass is 15.2. The highest BCUT2D eigenvalue weighted by Crippen LogP contribution is 2.34. The Morgan fingerprint density at radius 1 is 1.43 bits per heavy atom. The number of nitrogen functional groups attached to an aromatic ring is 1. The molecule has 0 unspecified atom stereocenters. The van der Waals surface area contributed by atoms with E-state index in [1.54, 1.807) is 4.68 Å². The zero-order valence-corrected chi connectivity index (χ0v) is 13.0. The van der Waals surface area contributed by atoms with Gasteiger partial charge in [-0.15, -0.1) is 0 Å².